The van der Waals surface area contributed by atoms with Gasteiger partial charge in [0.1, 0.15) is 4.21 Å². The van der Waals surface area contributed by atoms with Crippen molar-refractivity contribution in [2.45, 2.75) is 17.1 Å². The molecule has 0 unspecified atom stereocenters. The number of fused-ring (bicyclic) bond motifs is 1. The molecule has 2 aromatic heterocycles. The summed E-state index contributed by atoms with van der Waals surface area (Å²) in [7, 11) is -1.67. The number of piperidine rings is 1. The molecular formula is C18H17BrClN3O3S3. The van der Waals surface area contributed by atoms with Crippen molar-refractivity contribution in [3.8, 4) is 0 Å². The molecule has 29 heavy (non-hydrogen) atoms. The lowest BCUT2D eigenvalue weighted by atomic mass is 9.98. The van der Waals surface area contributed by atoms with Gasteiger partial charge in [-0.15, -0.1) is 11.3 Å². The quantitative estimate of drug-likeness (QED) is 0.504. The Bertz CT molecular complexity index is 1250. The van der Waals surface area contributed by atoms with Crippen molar-refractivity contribution in [1.29, 1.82) is 0 Å². The maximum Gasteiger partial charge on any atom is 0.252 e. The van der Waals surface area contributed by atoms with E-state index < -0.39 is 10.0 Å². The number of sulfonamides is 1. The summed E-state index contributed by atoms with van der Waals surface area (Å²) < 4.78 is 31.4. The number of hydrogen-bond acceptors (Lipinski definition) is 5. The standard InChI is InChI=1S/C18H17BrClN3O3S3/c1-22-13-3-2-12(19)10-14(13)27-18(22)21-17(24)11-6-8-23(9-7-11)29(25,26)16-5-4-15(20)28-16/h2-5,10-11H,6-9H2,1H3. The third-order valence-electron chi connectivity index (χ3n) is 4.92. The van der Waals surface area contributed by atoms with Crippen LogP contribution >= 0.6 is 50.2 Å². The smallest absolute Gasteiger partial charge is 0.252 e. The van der Waals surface area contributed by atoms with Crippen molar-refractivity contribution in [3.63, 3.8) is 0 Å². The van der Waals surface area contributed by atoms with Crippen LogP contribution in [0.1, 0.15) is 12.8 Å². The van der Waals surface area contributed by atoms with Gasteiger partial charge in [0.05, 0.1) is 14.6 Å². The van der Waals surface area contributed by atoms with Gasteiger partial charge in [-0.2, -0.15) is 9.30 Å². The van der Waals surface area contributed by atoms with Crippen LogP contribution < -0.4 is 4.80 Å². The number of aromatic nitrogens is 1. The van der Waals surface area contributed by atoms with Crippen molar-refractivity contribution in [3.05, 3.63) is 43.9 Å². The van der Waals surface area contributed by atoms with Crippen LogP contribution in [0.3, 0.4) is 0 Å². The number of nitrogens with zero attached hydrogens (tertiary/aromatic N) is 3. The molecule has 1 saturated heterocycles. The second-order valence-corrected chi connectivity index (χ2v) is 12.5. The van der Waals surface area contributed by atoms with E-state index in [1.165, 1.54) is 21.7 Å². The zero-order valence-electron chi connectivity index (χ0n) is 15.3. The highest BCUT2D eigenvalue weighted by Gasteiger charge is 2.32. The minimum absolute atomic E-state index is 0.192. The number of carbonyl (C=O) groups is 1. The predicted molar refractivity (Wildman–Crippen MR) is 120 cm³/mol. The maximum atomic E-state index is 12.7. The number of thiazole rings is 1. The lowest BCUT2D eigenvalue weighted by Crippen LogP contribution is -2.40. The SMILES string of the molecule is Cn1c(=NC(=O)C2CCN(S(=O)(=O)c3ccc(Cl)s3)CC2)sc2cc(Br)ccc21. The number of amides is 1. The van der Waals surface area contributed by atoms with Gasteiger partial charge in [0, 0.05) is 30.5 Å². The molecule has 3 heterocycles. The normalized spacial score (nSPS) is 17.3. The summed E-state index contributed by atoms with van der Waals surface area (Å²) in [6.45, 7) is 0.602. The largest absolute Gasteiger partial charge is 0.319 e. The molecule has 1 aromatic carbocycles. The molecule has 6 nitrogen and oxygen atoms in total. The highest BCUT2D eigenvalue weighted by atomic mass is 79.9. The van der Waals surface area contributed by atoms with Crippen molar-refractivity contribution in [2.24, 2.45) is 18.0 Å². The Morgan fingerprint density at radius 3 is 2.59 bits per heavy atom. The molecule has 0 aliphatic carbocycles. The number of aryl methyl sites for hydroxylation is 1. The van der Waals surface area contributed by atoms with E-state index in [0.717, 1.165) is 26.0 Å². The molecule has 0 saturated carbocycles. The van der Waals surface area contributed by atoms with Gasteiger partial charge in [0.15, 0.2) is 4.80 Å². The van der Waals surface area contributed by atoms with Crippen LogP contribution in [-0.2, 0) is 21.9 Å². The average Bonchev–Trinajstić information content (AvgIpc) is 3.26. The van der Waals surface area contributed by atoms with Gasteiger partial charge >= 0.3 is 0 Å². The number of benzene rings is 1. The molecule has 154 valence electrons. The van der Waals surface area contributed by atoms with Crippen LogP contribution in [0.4, 0.5) is 0 Å². The Balaban J connectivity index is 1.50. The summed E-state index contributed by atoms with van der Waals surface area (Å²) in [6, 6.07) is 9.05. The molecular weight excluding hydrogens is 518 g/mol. The fourth-order valence-electron chi connectivity index (χ4n) is 3.31. The molecule has 3 aromatic rings. The fraction of sp³-hybridized carbons (Fsp3) is 0.333. The number of carbonyl (C=O) groups excluding carboxylic acids is 1. The first-order valence-corrected chi connectivity index (χ1v) is 13.1. The van der Waals surface area contributed by atoms with Gasteiger partial charge in [0.25, 0.3) is 15.9 Å². The number of thiophene rings is 1. The highest BCUT2D eigenvalue weighted by molar-refractivity contribution is 9.10. The van der Waals surface area contributed by atoms with Crippen LogP contribution in [0.25, 0.3) is 10.2 Å². The Morgan fingerprint density at radius 2 is 1.93 bits per heavy atom. The molecule has 4 rings (SSSR count). The highest BCUT2D eigenvalue weighted by Crippen LogP contribution is 2.31. The molecule has 0 N–H and O–H groups in total. The molecule has 0 radical (unpaired) electrons. The van der Waals surface area contributed by atoms with Crippen LogP contribution in [0.5, 0.6) is 0 Å². The Labute approximate surface area is 189 Å². The monoisotopic (exact) mass is 533 g/mol. The Kier molecular flexibility index (Phi) is 6.02. The van der Waals surface area contributed by atoms with Crippen molar-refractivity contribution in [2.75, 3.05) is 13.1 Å². The van der Waals surface area contributed by atoms with Crippen LogP contribution in [0.2, 0.25) is 4.34 Å². The number of hydrogen-bond donors (Lipinski definition) is 0. The Morgan fingerprint density at radius 1 is 1.21 bits per heavy atom. The zero-order valence-corrected chi connectivity index (χ0v) is 20.1. The van der Waals surface area contributed by atoms with Crippen molar-refractivity contribution < 1.29 is 13.2 Å². The first-order chi connectivity index (χ1) is 13.8. The van der Waals surface area contributed by atoms with Gasteiger partial charge in [-0.1, -0.05) is 38.9 Å². The third-order valence-corrected chi connectivity index (χ3v) is 10.1. The minimum atomic E-state index is -3.56. The van der Waals surface area contributed by atoms with E-state index >= 15 is 0 Å². The summed E-state index contributed by atoms with van der Waals surface area (Å²) in [5.74, 6) is -0.465. The molecule has 0 spiro atoms. The summed E-state index contributed by atoms with van der Waals surface area (Å²) >= 11 is 11.8. The summed E-state index contributed by atoms with van der Waals surface area (Å²) in [5, 5.41) is 0. The zero-order chi connectivity index (χ0) is 20.8. The molecule has 1 fully saturated rings. The fourth-order valence-corrected chi connectivity index (χ4v) is 7.99. The molecule has 0 atom stereocenters. The lowest BCUT2D eigenvalue weighted by Gasteiger charge is -2.29. The topological polar surface area (TPSA) is 71.7 Å². The molecule has 1 aliphatic heterocycles. The van der Waals surface area contributed by atoms with E-state index in [0.29, 0.717) is 35.1 Å². The summed E-state index contributed by atoms with van der Waals surface area (Å²) in [5.41, 5.74) is 1.01. The maximum absolute atomic E-state index is 12.7. The van der Waals surface area contributed by atoms with E-state index in [2.05, 4.69) is 20.9 Å². The second kappa shape index (κ2) is 8.24. The van der Waals surface area contributed by atoms with Crippen LogP contribution in [0, 0.1) is 5.92 Å². The third kappa shape index (κ3) is 4.24. The van der Waals surface area contributed by atoms with Crippen LogP contribution in [-0.4, -0.2) is 36.3 Å². The predicted octanol–water partition coefficient (Wildman–Crippen LogP) is 4.25. The second-order valence-electron chi connectivity index (χ2n) is 6.74. The summed E-state index contributed by atoms with van der Waals surface area (Å²) in [6.07, 6.45) is 0.918. The van der Waals surface area contributed by atoms with E-state index in [-0.39, 0.29) is 16.0 Å². The van der Waals surface area contributed by atoms with E-state index in [1.807, 2.05) is 29.8 Å². The summed E-state index contributed by atoms with van der Waals surface area (Å²) in [4.78, 5) is 17.7. The van der Waals surface area contributed by atoms with E-state index in [4.69, 9.17) is 11.6 Å². The van der Waals surface area contributed by atoms with Gasteiger partial charge in [-0.05, 0) is 43.2 Å². The van der Waals surface area contributed by atoms with E-state index in [1.54, 1.807) is 6.07 Å². The lowest BCUT2D eigenvalue weighted by molar-refractivity contribution is -0.122. The van der Waals surface area contributed by atoms with Crippen LogP contribution in [0.15, 0.2) is 44.0 Å². The van der Waals surface area contributed by atoms with Gasteiger partial charge < -0.3 is 4.57 Å². The molecule has 1 amide bonds. The van der Waals surface area contributed by atoms with Gasteiger partial charge in [-0.25, -0.2) is 8.42 Å². The average molecular weight is 535 g/mol. The van der Waals surface area contributed by atoms with Crippen molar-refractivity contribution in [1.82, 2.24) is 8.87 Å². The van der Waals surface area contributed by atoms with Crippen molar-refractivity contribution >= 4 is 76.4 Å². The molecule has 11 heteroatoms. The first-order valence-electron chi connectivity index (χ1n) is 8.85. The van der Waals surface area contributed by atoms with Gasteiger partial charge in [0.2, 0.25) is 0 Å². The number of rotatable bonds is 3. The minimum Gasteiger partial charge on any atom is -0.319 e. The molecule has 0 bridgehead atoms. The Hall–Kier alpha value is -1.04. The first kappa shape index (κ1) is 21.2. The van der Waals surface area contributed by atoms with E-state index in [9.17, 15) is 13.2 Å². The van der Waals surface area contributed by atoms with Gasteiger partial charge in [-0.3, -0.25) is 4.79 Å². The number of halogens is 2. The molecule has 1 aliphatic rings.